The Morgan fingerprint density at radius 2 is 1.63 bits per heavy atom. The maximum Gasteiger partial charge on any atom is 0.238 e. The number of rotatable bonds is 4. The maximum atomic E-state index is 14.9. The number of benzene rings is 4. The molecule has 0 saturated carbocycles. The van der Waals surface area contributed by atoms with E-state index in [0.29, 0.717) is 21.8 Å². The lowest BCUT2D eigenvalue weighted by Gasteiger charge is -2.37. The number of nitrogens with zero attached hydrogens (tertiary/aromatic N) is 1. The van der Waals surface area contributed by atoms with Crippen LogP contribution in [0.2, 0.25) is 10.0 Å². The van der Waals surface area contributed by atoms with Crippen LogP contribution in [-0.4, -0.2) is 29.6 Å². The summed E-state index contributed by atoms with van der Waals surface area (Å²) in [7, 11) is 0. The topological polar surface area (TPSA) is 66.5 Å². The van der Waals surface area contributed by atoms with E-state index >= 15 is 0 Å². The molecule has 0 aliphatic carbocycles. The van der Waals surface area contributed by atoms with Gasteiger partial charge in [-0.1, -0.05) is 96.0 Å². The molecule has 5 nitrogen and oxygen atoms in total. The molecule has 1 N–H and O–H groups in total. The number of amides is 1. The molecule has 0 aromatic heterocycles. The molecule has 3 aliphatic heterocycles. The SMILES string of the molecule is Cc1ccc2c(c1)N1[C@H](C(=O)c3ccccc3)[C@H](C(=O)c3ccc(Cl)cc3Cl)[C@@]3(C(=O)Nc4ccccc43)[C@H]1C=C2. The van der Waals surface area contributed by atoms with Crippen LogP contribution in [0.5, 0.6) is 0 Å². The monoisotopic (exact) mass is 578 g/mol. The number of fused-ring (bicyclic) bond motifs is 6. The lowest BCUT2D eigenvalue weighted by Crippen LogP contribution is -2.51. The number of hydrogen-bond acceptors (Lipinski definition) is 4. The first-order chi connectivity index (χ1) is 19.8. The lowest BCUT2D eigenvalue weighted by molar-refractivity contribution is -0.121. The fourth-order valence-corrected chi connectivity index (χ4v) is 7.41. The van der Waals surface area contributed by atoms with Crippen LogP contribution in [0, 0.1) is 12.8 Å². The zero-order valence-electron chi connectivity index (χ0n) is 22.0. The first-order valence-electron chi connectivity index (χ1n) is 13.4. The molecule has 1 saturated heterocycles. The van der Waals surface area contributed by atoms with E-state index in [0.717, 1.165) is 16.8 Å². The summed E-state index contributed by atoms with van der Waals surface area (Å²) in [6.45, 7) is 1.99. The van der Waals surface area contributed by atoms with Gasteiger partial charge in [0.1, 0.15) is 11.5 Å². The van der Waals surface area contributed by atoms with E-state index in [1.807, 2.05) is 72.5 Å². The summed E-state index contributed by atoms with van der Waals surface area (Å²) in [6, 6.07) is 25.5. The van der Waals surface area contributed by atoms with Gasteiger partial charge in [-0.05, 0) is 53.9 Å². The molecule has 4 aromatic rings. The van der Waals surface area contributed by atoms with E-state index in [1.54, 1.807) is 36.4 Å². The van der Waals surface area contributed by atoms with E-state index in [-0.39, 0.29) is 28.1 Å². The van der Waals surface area contributed by atoms with Crippen LogP contribution in [0.15, 0.2) is 97.1 Å². The van der Waals surface area contributed by atoms with Gasteiger partial charge in [0.05, 0.1) is 17.0 Å². The van der Waals surface area contributed by atoms with Gasteiger partial charge in [-0.25, -0.2) is 0 Å². The smallest absolute Gasteiger partial charge is 0.238 e. The molecule has 3 aliphatic rings. The predicted octanol–water partition coefficient (Wildman–Crippen LogP) is 7.16. The minimum atomic E-state index is -1.40. The second-order valence-corrected chi connectivity index (χ2v) is 11.6. The van der Waals surface area contributed by atoms with Crippen LogP contribution in [0.1, 0.15) is 37.4 Å². The number of anilines is 2. The van der Waals surface area contributed by atoms with Crippen LogP contribution in [0.4, 0.5) is 11.4 Å². The molecule has 41 heavy (non-hydrogen) atoms. The van der Waals surface area contributed by atoms with E-state index in [1.165, 1.54) is 6.07 Å². The van der Waals surface area contributed by atoms with Gasteiger partial charge in [0, 0.05) is 27.5 Å². The molecule has 202 valence electrons. The molecule has 3 heterocycles. The standard InChI is InChI=1S/C34H24Cl2N2O3/c1-19-11-12-20-13-16-28-34(24-9-5-6-10-26(24)37-33(34)41)29(32(40)23-15-14-22(35)18-25(23)36)30(38(28)27(20)17-19)31(39)21-7-3-2-4-8-21/h2-18,28-30H,1H3,(H,37,41)/t28-,29-,30+,34+/m1/s1. The first-order valence-corrected chi connectivity index (χ1v) is 14.1. The Labute approximate surface area is 247 Å². The fourth-order valence-electron chi connectivity index (χ4n) is 6.90. The molecule has 7 rings (SSSR count). The van der Waals surface area contributed by atoms with Gasteiger partial charge in [0.15, 0.2) is 11.6 Å². The normalized spacial score (nSPS) is 23.6. The zero-order valence-corrected chi connectivity index (χ0v) is 23.5. The van der Waals surface area contributed by atoms with E-state index in [4.69, 9.17) is 23.2 Å². The highest BCUT2D eigenvalue weighted by atomic mass is 35.5. The first kappa shape index (κ1) is 25.8. The molecule has 7 heteroatoms. The van der Waals surface area contributed by atoms with E-state index in [9.17, 15) is 14.4 Å². The van der Waals surface area contributed by atoms with Crippen molar-refractivity contribution in [2.24, 2.45) is 5.92 Å². The minimum absolute atomic E-state index is 0.173. The van der Waals surface area contributed by atoms with Crippen molar-refractivity contribution in [3.8, 4) is 0 Å². The second kappa shape index (κ2) is 9.44. The van der Waals surface area contributed by atoms with Gasteiger partial charge in [0.2, 0.25) is 5.91 Å². The summed E-state index contributed by atoms with van der Waals surface area (Å²) >= 11 is 12.8. The third kappa shape index (κ3) is 3.66. The summed E-state index contributed by atoms with van der Waals surface area (Å²) in [5, 5.41) is 3.60. The molecule has 4 atom stereocenters. The fraction of sp³-hybridized carbons (Fsp3) is 0.147. The van der Waals surface area contributed by atoms with E-state index in [2.05, 4.69) is 5.32 Å². The number of Topliss-reactive ketones (excluding diaryl/α,β-unsaturated/α-hetero) is 2. The maximum absolute atomic E-state index is 14.9. The second-order valence-electron chi connectivity index (χ2n) is 10.8. The lowest BCUT2D eigenvalue weighted by atomic mass is 9.64. The average Bonchev–Trinajstić information content (AvgIpc) is 3.45. The summed E-state index contributed by atoms with van der Waals surface area (Å²) < 4.78 is 0. The molecule has 1 fully saturated rings. The van der Waals surface area contributed by atoms with Crippen molar-refractivity contribution >= 4 is 58.1 Å². The van der Waals surface area contributed by atoms with Crippen molar-refractivity contribution in [2.75, 3.05) is 10.2 Å². The minimum Gasteiger partial charge on any atom is -0.352 e. The molecule has 1 amide bonds. The van der Waals surface area contributed by atoms with Gasteiger partial charge >= 0.3 is 0 Å². The van der Waals surface area contributed by atoms with Gasteiger partial charge in [-0.15, -0.1) is 0 Å². The van der Waals surface area contributed by atoms with Crippen LogP contribution >= 0.6 is 23.2 Å². The van der Waals surface area contributed by atoms with Crippen molar-refractivity contribution in [3.05, 3.63) is 135 Å². The number of para-hydroxylation sites is 1. The summed E-state index contributed by atoms with van der Waals surface area (Å²) in [4.78, 5) is 45.9. The van der Waals surface area contributed by atoms with Crippen LogP contribution < -0.4 is 10.2 Å². The number of nitrogens with one attached hydrogen (secondary N) is 1. The highest BCUT2D eigenvalue weighted by Crippen LogP contribution is 2.58. The highest BCUT2D eigenvalue weighted by molar-refractivity contribution is 6.37. The predicted molar refractivity (Wildman–Crippen MR) is 162 cm³/mol. The van der Waals surface area contributed by atoms with Crippen LogP contribution in [-0.2, 0) is 10.2 Å². The summed E-state index contributed by atoms with van der Waals surface area (Å²) in [5.74, 6) is -2.04. The number of ketones is 2. The summed E-state index contributed by atoms with van der Waals surface area (Å²) in [5.41, 5.74) is 3.33. The Bertz CT molecular complexity index is 1800. The Balaban J connectivity index is 1.56. The highest BCUT2D eigenvalue weighted by Gasteiger charge is 2.70. The number of carbonyl (C=O) groups is 3. The zero-order chi connectivity index (χ0) is 28.5. The Hall–Kier alpha value is -4.19. The van der Waals surface area contributed by atoms with Crippen molar-refractivity contribution in [1.82, 2.24) is 0 Å². The number of halogens is 2. The molecule has 4 aromatic carbocycles. The molecule has 0 bridgehead atoms. The van der Waals surface area contributed by atoms with E-state index < -0.39 is 23.4 Å². The van der Waals surface area contributed by atoms with Gasteiger partial charge in [-0.3, -0.25) is 14.4 Å². The van der Waals surface area contributed by atoms with Crippen LogP contribution in [0.3, 0.4) is 0 Å². The third-order valence-electron chi connectivity index (χ3n) is 8.60. The molecular weight excluding hydrogens is 555 g/mol. The largest absolute Gasteiger partial charge is 0.352 e. The number of carbonyl (C=O) groups excluding carboxylic acids is 3. The third-order valence-corrected chi connectivity index (χ3v) is 9.14. The number of aryl methyl sites for hydroxylation is 1. The number of hydrogen-bond donors (Lipinski definition) is 1. The molecule has 0 radical (unpaired) electrons. The van der Waals surface area contributed by atoms with Crippen molar-refractivity contribution in [3.63, 3.8) is 0 Å². The average molecular weight is 579 g/mol. The van der Waals surface area contributed by atoms with Crippen LogP contribution in [0.25, 0.3) is 6.08 Å². The van der Waals surface area contributed by atoms with Gasteiger partial charge < -0.3 is 10.2 Å². The van der Waals surface area contributed by atoms with Gasteiger partial charge in [0.25, 0.3) is 0 Å². The molecule has 1 spiro atoms. The van der Waals surface area contributed by atoms with Gasteiger partial charge in [-0.2, -0.15) is 0 Å². The Morgan fingerprint density at radius 1 is 0.878 bits per heavy atom. The quantitative estimate of drug-likeness (QED) is 0.261. The van der Waals surface area contributed by atoms with Crippen molar-refractivity contribution < 1.29 is 14.4 Å². The van der Waals surface area contributed by atoms with Crippen molar-refractivity contribution in [2.45, 2.75) is 24.4 Å². The summed E-state index contributed by atoms with van der Waals surface area (Å²) in [6.07, 6.45) is 3.94. The Morgan fingerprint density at radius 3 is 2.41 bits per heavy atom. The van der Waals surface area contributed by atoms with Crippen molar-refractivity contribution in [1.29, 1.82) is 0 Å². The Kier molecular flexibility index (Phi) is 5.93. The molecule has 0 unspecified atom stereocenters. The molecular formula is C34H24Cl2N2O3.